The van der Waals surface area contributed by atoms with Crippen LogP contribution in [0.4, 0.5) is 10.5 Å². The largest absolute Gasteiger partial charge is 1.00 e. The van der Waals surface area contributed by atoms with Crippen LogP contribution in [-0.4, -0.2) is 44.2 Å². The number of aromatic nitrogens is 3. The van der Waals surface area contributed by atoms with Crippen molar-refractivity contribution in [3.63, 3.8) is 0 Å². The summed E-state index contributed by atoms with van der Waals surface area (Å²) in [5.74, 6) is -4.59. The quantitative estimate of drug-likeness (QED) is 0.0669. The van der Waals surface area contributed by atoms with Crippen molar-refractivity contribution >= 4 is 47.0 Å². The summed E-state index contributed by atoms with van der Waals surface area (Å²) >= 11 is 0. The molecule has 48 heavy (non-hydrogen) atoms. The monoisotopic (exact) mass is 671 g/mol. The summed E-state index contributed by atoms with van der Waals surface area (Å²) in [5, 5.41) is 14.8. The molecule has 1 fully saturated rings. The summed E-state index contributed by atoms with van der Waals surface area (Å²) in [7, 11) is 0. The van der Waals surface area contributed by atoms with E-state index in [4.69, 9.17) is 11.5 Å². The number of rotatable bonds is 8. The zero-order valence-corrected chi connectivity index (χ0v) is 28.1. The van der Waals surface area contributed by atoms with E-state index in [1.807, 2.05) is 0 Å². The molecule has 16 heteroatoms. The fraction of sp³-hybridized carbons (Fsp3) is 0. The van der Waals surface area contributed by atoms with E-state index in [1.54, 1.807) is 12.1 Å². The number of urea groups is 1. The van der Waals surface area contributed by atoms with Crippen LogP contribution in [0.2, 0.25) is 0 Å². The molecule has 6 amide bonds. The predicted octanol–water partition coefficient (Wildman–Crippen LogP) is -2.50. The first-order chi connectivity index (χ1) is 22.5. The molecule has 5 rings (SSSR count). The van der Waals surface area contributed by atoms with Gasteiger partial charge in [0.05, 0.1) is 11.4 Å². The fourth-order valence-corrected chi connectivity index (χ4v) is 4.56. The Hall–Kier alpha value is -5.52. The molecule has 0 spiro atoms. The summed E-state index contributed by atoms with van der Waals surface area (Å²) < 4.78 is 0.662. The Morgan fingerprint density at radius 1 is 0.833 bits per heavy atom. The van der Waals surface area contributed by atoms with E-state index < -0.39 is 57.9 Å². The van der Waals surface area contributed by atoms with Crippen molar-refractivity contribution in [2.75, 3.05) is 4.90 Å². The number of carbonyl (C=O) groups excluding carboxylic acids is 5. The second kappa shape index (κ2) is 14.9. The molecule has 1 aliphatic heterocycles. The van der Waals surface area contributed by atoms with Gasteiger partial charge in [0.1, 0.15) is 5.57 Å². The second-order valence-corrected chi connectivity index (χ2v) is 9.81. The molecule has 2 aromatic carbocycles. The molecule has 0 aliphatic carbocycles. The summed E-state index contributed by atoms with van der Waals surface area (Å²) in [6, 6.07) is 12.9. The van der Waals surface area contributed by atoms with Gasteiger partial charge in [-0.3, -0.25) is 34.3 Å². The number of hydrogen-bond donors (Lipinski definition) is 4. The van der Waals surface area contributed by atoms with Crippen LogP contribution in [0.1, 0.15) is 31.8 Å². The van der Waals surface area contributed by atoms with Gasteiger partial charge in [-0.2, -0.15) is 0 Å². The molecule has 0 bridgehead atoms. The van der Waals surface area contributed by atoms with Gasteiger partial charge in [-0.05, 0) is 77.7 Å². The van der Waals surface area contributed by atoms with E-state index in [2.05, 4.69) is 15.3 Å². The van der Waals surface area contributed by atoms with Gasteiger partial charge in [-0.1, -0.05) is 24.3 Å². The number of benzene rings is 2. The molecule has 234 valence electrons. The molecule has 1 saturated heterocycles. The minimum absolute atomic E-state index is 0. The minimum atomic E-state index is -1.05. The number of pyridine rings is 1. The third-order valence-electron chi connectivity index (χ3n) is 6.85. The molecule has 2 aromatic heterocycles. The Kier molecular flexibility index (Phi) is 11.0. The summed E-state index contributed by atoms with van der Waals surface area (Å²) in [6.07, 6.45) is 7.83. The first kappa shape index (κ1) is 35.3. The standard InChI is InChI=1S/C32H23N7O8.K/c33-25(40)19-3-1-5-21(15-19)38-29(44)23(27(42)36-31(38)46)9-7-17(18-11-13-35-14-12-18)8-10-24-28(43)37-32(47)39(30(24)45)22-6-2-4-20(16-22)26(34)41;/h1-16,42H,(H2,33,40)(H2,34,41)(H,36,46)(H,37,43,47);/q;+1/p-1. The number of imide groups is 2. The van der Waals surface area contributed by atoms with E-state index in [-0.39, 0.29) is 79.5 Å². The minimum Gasteiger partial charge on any atom is -0.860 e. The molecule has 4 aromatic rings. The third-order valence-corrected chi connectivity index (χ3v) is 6.85. The van der Waals surface area contributed by atoms with E-state index in [0.717, 1.165) is 12.2 Å². The number of anilines is 1. The van der Waals surface area contributed by atoms with Crippen molar-refractivity contribution < 1.29 is 80.5 Å². The number of hydrogen-bond acceptors (Lipinski definition) is 9. The number of nitrogens with zero attached hydrogens (tertiary/aromatic N) is 3. The first-order valence-corrected chi connectivity index (χ1v) is 13.5. The smallest absolute Gasteiger partial charge is 0.860 e. The summed E-state index contributed by atoms with van der Waals surface area (Å²) in [4.78, 5) is 94.7. The molecule has 6 N–H and O–H groups in total. The SMILES string of the molecule is NC(=O)c1cccc(N2C(=O)NC(=O)C(=CC=C(C=Cc3c([O-])[nH]c(=O)n(-c4cccc(C(N)=O)c4)c3=O)c3ccncc3)C2=O)c1.[K+]. The number of aromatic amines is 1. The number of nitrogens with two attached hydrogens (primary N) is 2. The molecule has 0 unspecified atom stereocenters. The van der Waals surface area contributed by atoms with Crippen molar-refractivity contribution in [3.8, 4) is 11.6 Å². The summed E-state index contributed by atoms with van der Waals surface area (Å²) in [6.45, 7) is 0. The van der Waals surface area contributed by atoms with Crippen LogP contribution in [0.5, 0.6) is 5.88 Å². The number of H-pyrrole nitrogens is 1. The molecule has 1 aliphatic rings. The van der Waals surface area contributed by atoms with Crippen molar-refractivity contribution in [1.82, 2.24) is 19.9 Å². The number of carbonyl (C=O) groups is 5. The third kappa shape index (κ3) is 7.38. The van der Waals surface area contributed by atoms with Gasteiger partial charge in [0.25, 0.3) is 17.4 Å². The zero-order valence-electron chi connectivity index (χ0n) is 25.0. The number of nitrogens with one attached hydrogen (secondary N) is 2. The van der Waals surface area contributed by atoms with Gasteiger partial charge in [-0.25, -0.2) is 19.1 Å². The van der Waals surface area contributed by atoms with Crippen LogP contribution >= 0.6 is 0 Å². The maximum Gasteiger partial charge on any atom is 1.00 e. The second-order valence-electron chi connectivity index (χ2n) is 9.81. The van der Waals surface area contributed by atoms with Crippen LogP contribution in [0, 0.1) is 0 Å². The van der Waals surface area contributed by atoms with E-state index in [9.17, 15) is 38.7 Å². The maximum absolute atomic E-state index is 13.4. The average molecular weight is 672 g/mol. The Labute approximate surface area is 312 Å². The van der Waals surface area contributed by atoms with Gasteiger partial charge < -0.3 is 21.6 Å². The Bertz CT molecular complexity index is 2200. The number of allylic oxidation sites excluding steroid dienone is 4. The zero-order chi connectivity index (χ0) is 33.8. The van der Waals surface area contributed by atoms with Crippen molar-refractivity contribution in [3.05, 3.63) is 140 Å². The number of barbiturate groups is 1. The van der Waals surface area contributed by atoms with Crippen LogP contribution in [0.25, 0.3) is 17.3 Å². The van der Waals surface area contributed by atoms with Crippen LogP contribution in [0.3, 0.4) is 0 Å². The molecular formula is C32H22KN7O8. The Balaban J connectivity index is 0.00000520. The molecular weight excluding hydrogens is 649 g/mol. The van der Waals surface area contributed by atoms with Crippen LogP contribution in [0.15, 0.2) is 106 Å². The molecule has 0 saturated carbocycles. The van der Waals surface area contributed by atoms with E-state index in [0.29, 0.717) is 15.0 Å². The normalized spacial score (nSPS) is 14.2. The van der Waals surface area contributed by atoms with Crippen molar-refractivity contribution in [2.45, 2.75) is 0 Å². The van der Waals surface area contributed by atoms with Gasteiger partial charge in [-0.15, -0.1) is 0 Å². The molecule has 3 heterocycles. The first-order valence-electron chi connectivity index (χ1n) is 13.5. The number of primary amides is 2. The van der Waals surface area contributed by atoms with Gasteiger partial charge in [0.2, 0.25) is 11.8 Å². The van der Waals surface area contributed by atoms with Gasteiger partial charge >= 0.3 is 63.1 Å². The van der Waals surface area contributed by atoms with Gasteiger partial charge in [0.15, 0.2) is 0 Å². The fourth-order valence-electron chi connectivity index (χ4n) is 4.56. The molecule has 15 nitrogen and oxygen atoms in total. The predicted molar refractivity (Wildman–Crippen MR) is 166 cm³/mol. The van der Waals surface area contributed by atoms with E-state index >= 15 is 0 Å². The van der Waals surface area contributed by atoms with Crippen LogP contribution in [-0.2, 0) is 9.59 Å². The Morgan fingerprint density at radius 3 is 2.06 bits per heavy atom. The van der Waals surface area contributed by atoms with Gasteiger partial charge in [0, 0.05) is 29.1 Å². The topological polar surface area (TPSA) is 243 Å². The van der Waals surface area contributed by atoms with Crippen molar-refractivity contribution in [1.29, 1.82) is 0 Å². The number of amides is 6. The average Bonchev–Trinajstić information content (AvgIpc) is 3.04. The molecule has 0 atom stereocenters. The molecule has 0 radical (unpaired) electrons. The maximum atomic E-state index is 13.4. The summed E-state index contributed by atoms with van der Waals surface area (Å²) in [5.41, 5.74) is 8.43. The van der Waals surface area contributed by atoms with Crippen molar-refractivity contribution in [2.24, 2.45) is 11.5 Å². The Morgan fingerprint density at radius 2 is 1.44 bits per heavy atom. The van der Waals surface area contributed by atoms with E-state index in [1.165, 1.54) is 73.1 Å². The van der Waals surface area contributed by atoms with Crippen LogP contribution < -0.4 is 89.4 Å².